The minimum Gasteiger partial charge on any atom is -0.481 e. The van der Waals surface area contributed by atoms with Crippen molar-refractivity contribution in [1.29, 1.82) is 0 Å². The molecule has 0 aliphatic rings. The Hall–Kier alpha value is -0.570. The smallest absolute Gasteiger partial charge is 0.300 e. The van der Waals surface area contributed by atoms with Gasteiger partial charge in [-0.3, -0.25) is 4.79 Å². The van der Waals surface area contributed by atoms with E-state index in [1.54, 1.807) is 0 Å². The lowest BCUT2D eigenvalue weighted by molar-refractivity contribution is -0.134. The quantitative estimate of drug-likeness (QED) is 0.689. The third kappa shape index (κ3) is 22.7. The second-order valence-electron chi connectivity index (χ2n) is 2.72. The lowest BCUT2D eigenvalue weighted by Gasteiger charge is -2.03. The van der Waals surface area contributed by atoms with Crippen LogP contribution in [-0.2, 0) is 4.79 Å². The molecule has 0 amide bonds. The molecule has 74 valence electrons. The van der Waals surface area contributed by atoms with Crippen molar-refractivity contribution in [2.75, 3.05) is 0 Å². The first-order chi connectivity index (χ1) is 5.54. The summed E-state index contributed by atoms with van der Waals surface area (Å²) < 4.78 is 0. The summed E-state index contributed by atoms with van der Waals surface area (Å²) in [5.74, 6) is -0.833. The van der Waals surface area contributed by atoms with E-state index in [0.29, 0.717) is 0 Å². The zero-order valence-corrected chi connectivity index (χ0v) is 8.21. The van der Waals surface area contributed by atoms with E-state index >= 15 is 0 Å². The molecule has 0 radical (unpaired) electrons. The van der Waals surface area contributed by atoms with Crippen molar-refractivity contribution in [1.82, 2.24) is 0 Å². The Balaban J connectivity index is 0. The monoisotopic (exact) mass is 176 g/mol. The Morgan fingerprint density at radius 3 is 2.08 bits per heavy atom. The van der Waals surface area contributed by atoms with Crippen LogP contribution in [0.25, 0.3) is 0 Å². The van der Waals surface area contributed by atoms with Crippen molar-refractivity contribution in [2.45, 2.75) is 52.6 Å². The first kappa shape index (κ1) is 14.0. The number of carbonyl (C=O) groups is 1. The predicted molar refractivity (Wildman–Crippen MR) is 49.1 cm³/mol. The van der Waals surface area contributed by atoms with E-state index in [1.807, 2.05) is 6.92 Å². The zero-order chi connectivity index (χ0) is 9.98. The standard InChI is InChI=1S/C7H16O.C2H4O2/c1-3-5-6-7(8)4-2;1-2(3)4/h7-8H,3-6H2,1-2H3;1H3,(H,3,4)/t7-;/m1./s1. The van der Waals surface area contributed by atoms with Gasteiger partial charge in [0.25, 0.3) is 5.97 Å². The Kier molecular flexibility index (Phi) is 12.2. The fourth-order valence-electron chi connectivity index (χ4n) is 0.644. The van der Waals surface area contributed by atoms with E-state index in [4.69, 9.17) is 15.0 Å². The predicted octanol–water partition coefficient (Wildman–Crippen LogP) is 2.04. The number of carboxylic acids is 1. The second-order valence-corrected chi connectivity index (χ2v) is 2.72. The summed E-state index contributed by atoms with van der Waals surface area (Å²) in [4.78, 5) is 9.00. The zero-order valence-electron chi connectivity index (χ0n) is 8.21. The molecule has 0 fully saturated rings. The fraction of sp³-hybridized carbons (Fsp3) is 0.889. The van der Waals surface area contributed by atoms with Crippen LogP contribution in [0, 0.1) is 0 Å². The first-order valence-electron chi connectivity index (χ1n) is 4.42. The second kappa shape index (κ2) is 10.4. The van der Waals surface area contributed by atoms with Gasteiger partial charge in [-0.05, 0) is 12.8 Å². The van der Waals surface area contributed by atoms with Gasteiger partial charge >= 0.3 is 0 Å². The minimum atomic E-state index is -0.833. The van der Waals surface area contributed by atoms with E-state index in [2.05, 4.69) is 6.92 Å². The number of aliphatic hydroxyl groups excluding tert-OH is 1. The summed E-state index contributed by atoms with van der Waals surface area (Å²) in [5, 5.41) is 16.4. The van der Waals surface area contributed by atoms with E-state index in [-0.39, 0.29) is 6.10 Å². The number of unbranched alkanes of at least 4 members (excludes halogenated alkanes) is 1. The lowest BCUT2D eigenvalue weighted by atomic mass is 10.1. The van der Waals surface area contributed by atoms with E-state index in [0.717, 1.165) is 26.2 Å². The summed E-state index contributed by atoms with van der Waals surface area (Å²) in [6, 6.07) is 0. The van der Waals surface area contributed by atoms with Crippen LogP contribution >= 0.6 is 0 Å². The van der Waals surface area contributed by atoms with Gasteiger partial charge in [0.1, 0.15) is 0 Å². The van der Waals surface area contributed by atoms with Crippen LogP contribution in [0.1, 0.15) is 46.5 Å². The molecule has 0 saturated carbocycles. The highest BCUT2D eigenvalue weighted by Crippen LogP contribution is 2.02. The molecule has 0 aliphatic carbocycles. The van der Waals surface area contributed by atoms with Gasteiger partial charge in [0.05, 0.1) is 6.10 Å². The molecular weight excluding hydrogens is 156 g/mol. The number of aliphatic carboxylic acids is 1. The average Bonchev–Trinajstić information content (AvgIpc) is 1.99. The van der Waals surface area contributed by atoms with E-state index < -0.39 is 5.97 Å². The number of hydrogen-bond acceptors (Lipinski definition) is 2. The molecule has 12 heavy (non-hydrogen) atoms. The largest absolute Gasteiger partial charge is 0.481 e. The van der Waals surface area contributed by atoms with Gasteiger partial charge in [0.15, 0.2) is 0 Å². The molecule has 3 heteroatoms. The maximum Gasteiger partial charge on any atom is 0.300 e. The minimum absolute atomic E-state index is 0.0463. The molecule has 0 bridgehead atoms. The maximum absolute atomic E-state index is 9.00. The summed E-state index contributed by atoms with van der Waals surface area (Å²) >= 11 is 0. The highest BCUT2D eigenvalue weighted by atomic mass is 16.4. The Labute approximate surface area is 74.4 Å². The summed E-state index contributed by atoms with van der Waals surface area (Å²) in [6.45, 7) is 5.24. The van der Waals surface area contributed by atoms with Crippen LogP contribution in [0.4, 0.5) is 0 Å². The van der Waals surface area contributed by atoms with Gasteiger partial charge in [-0.2, -0.15) is 0 Å². The van der Waals surface area contributed by atoms with Gasteiger partial charge in [-0.25, -0.2) is 0 Å². The Morgan fingerprint density at radius 2 is 1.83 bits per heavy atom. The maximum atomic E-state index is 9.00. The molecule has 0 saturated heterocycles. The van der Waals surface area contributed by atoms with E-state index in [9.17, 15) is 0 Å². The van der Waals surface area contributed by atoms with Crippen LogP contribution in [0.3, 0.4) is 0 Å². The average molecular weight is 176 g/mol. The molecule has 0 aromatic heterocycles. The van der Waals surface area contributed by atoms with E-state index in [1.165, 1.54) is 6.42 Å². The topological polar surface area (TPSA) is 57.5 Å². The number of aliphatic hydroxyl groups is 1. The van der Waals surface area contributed by atoms with Gasteiger partial charge in [0, 0.05) is 6.92 Å². The van der Waals surface area contributed by atoms with Gasteiger partial charge in [-0.15, -0.1) is 0 Å². The van der Waals surface area contributed by atoms with Gasteiger partial charge in [-0.1, -0.05) is 26.7 Å². The normalized spacial score (nSPS) is 11.3. The molecule has 0 aromatic carbocycles. The first-order valence-corrected chi connectivity index (χ1v) is 4.42. The SMILES string of the molecule is CC(=O)O.CCCC[C@H](O)CC. The molecule has 3 nitrogen and oxygen atoms in total. The summed E-state index contributed by atoms with van der Waals surface area (Å²) in [6.07, 6.45) is 4.19. The summed E-state index contributed by atoms with van der Waals surface area (Å²) in [7, 11) is 0. The molecule has 2 N–H and O–H groups in total. The van der Waals surface area contributed by atoms with Crippen molar-refractivity contribution in [3.63, 3.8) is 0 Å². The number of rotatable bonds is 4. The highest BCUT2D eigenvalue weighted by Gasteiger charge is 1.96. The van der Waals surface area contributed by atoms with Crippen LogP contribution in [0.2, 0.25) is 0 Å². The molecule has 0 spiro atoms. The van der Waals surface area contributed by atoms with Crippen molar-refractivity contribution in [2.24, 2.45) is 0 Å². The lowest BCUT2D eigenvalue weighted by Crippen LogP contribution is -2.02. The molecular formula is C9H20O3. The molecule has 0 rings (SSSR count). The van der Waals surface area contributed by atoms with Crippen LogP contribution < -0.4 is 0 Å². The molecule has 0 aliphatic heterocycles. The molecule has 0 aromatic rings. The third-order valence-corrected chi connectivity index (χ3v) is 1.36. The summed E-state index contributed by atoms with van der Waals surface area (Å²) in [5.41, 5.74) is 0. The van der Waals surface area contributed by atoms with Gasteiger partial charge in [0.2, 0.25) is 0 Å². The van der Waals surface area contributed by atoms with Crippen molar-refractivity contribution in [3.05, 3.63) is 0 Å². The number of hydrogen-bond donors (Lipinski definition) is 2. The van der Waals surface area contributed by atoms with Crippen molar-refractivity contribution >= 4 is 5.97 Å². The number of carboxylic acid groups (broad SMARTS) is 1. The third-order valence-electron chi connectivity index (χ3n) is 1.36. The Morgan fingerprint density at radius 1 is 1.42 bits per heavy atom. The molecule has 0 unspecified atom stereocenters. The van der Waals surface area contributed by atoms with Crippen molar-refractivity contribution in [3.8, 4) is 0 Å². The highest BCUT2D eigenvalue weighted by molar-refractivity contribution is 5.62. The Bertz CT molecular complexity index is 97.9. The van der Waals surface area contributed by atoms with Crippen LogP contribution in [0.5, 0.6) is 0 Å². The molecule has 0 heterocycles. The fourth-order valence-corrected chi connectivity index (χ4v) is 0.644. The van der Waals surface area contributed by atoms with Crippen LogP contribution in [-0.4, -0.2) is 22.3 Å². The van der Waals surface area contributed by atoms with Crippen molar-refractivity contribution < 1.29 is 15.0 Å². The molecule has 1 atom stereocenters. The van der Waals surface area contributed by atoms with Gasteiger partial charge < -0.3 is 10.2 Å². The van der Waals surface area contributed by atoms with Crippen LogP contribution in [0.15, 0.2) is 0 Å².